The van der Waals surface area contributed by atoms with Gasteiger partial charge in [-0.25, -0.2) is 0 Å². The lowest BCUT2D eigenvalue weighted by atomic mass is 9.85. The van der Waals surface area contributed by atoms with E-state index in [-0.39, 0.29) is 5.75 Å². The largest absolute Gasteiger partial charge is 0.508 e. The van der Waals surface area contributed by atoms with Gasteiger partial charge in [-0.15, -0.1) is 0 Å². The molecule has 140 valence electrons. The quantitative estimate of drug-likeness (QED) is 0.491. The van der Waals surface area contributed by atoms with Crippen molar-refractivity contribution in [2.75, 3.05) is 0 Å². The Morgan fingerprint density at radius 1 is 0.889 bits per heavy atom. The van der Waals surface area contributed by atoms with Crippen LogP contribution in [0.15, 0.2) is 78.9 Å². The highest BCUT2D eigenvalue weighted by Gasteiger charge is 2.30. The van der Waals surface area contributed by atoms with Crippen molar-refractivity contribution in [3.05, 3.63) is 90.0 Å². The number of rotatable bonds is 7. The molecule has 4 heteroatoms. The molecule has 0 heterocycles. The molecule has 0 radical (unpaired) electrons. The Morgan fingerprint density at radius 2 is 1.56 bits per heavy atom. The van der Waals surface area contributed by atoms with Gasteiger partial charge in [0.15, 0.2) is 0 Å². The Labute approximate surface area is 165 Å². The fourth-order valence-electron chi connectivity index (χ4n) is 2.72. The zero-order valence-corrected chi connectivity index (χ0v) is 16.2. The number of aromatic hydroxyl groups is 1. The fraction of sp³-hybridized carbons (Fsp3) is 0.217. The second-order valence-corrected chi connectivity index (χ2v) is 7.35. The minimum Gasteiger partial charge on any atom is -0.508 e. The van der Waals surface area contributed by atoms with Crippen LogP contribution in [0.5, 0.6) is 17.2 Å². The highest BCUT2D eigenvalue weighted by atomic mass is 35.5. The molecule has 0 saturated heterocycles. The number of para-hydroxylation sites is 1. The summed E-state index contributed by atoms with van der Waals surface area (Å²) in [6, 6.07) is 24.5. The summed E-state index contributed by atoms with van der Waals surface area (Å²) in [6.07, 6.45) is 0. The Morgan fingerprint density at radius 3 is 2.26 bits per heavy atom. The van der Waals surface area contributed by atoms with Crippen LogP contribution >= 0.6 is 11.6 Å². The molecular weight excluding hydrogens is 360 g/mol. The minimum atomic E-state index is -0.527. The van der Waals surface area contributed by atoms with E-state index in [9.17, 15) is 5.11 Å². The molecular formula is C23H23ClO3. The molecule has 3 aromatic carbocycles. The minimum absolute atomic E-state index is 0.233. The van der Waals surface area contributed by atoms with Gasteiger partial charge in [-0.2, -0.15) is 0 Å². The first-order valence-electron chi connectivity index (χ1n) is 8.82. The molecule has 1 unspecified atom stereocenters. The van der Waals surface area contributed by atoms with Crippen LogP contribution in [0.3, 0.4) is 0 Å². The molecule has 0 bridgehead atoms. The third-order valence-electron chi connectivity index (χ3n) is 4.45. The van der Waals surface area contributed by atoms with Gasteiger partial charge in [-0.3, -0.25) is 0 Å². The summed E-state index contributed by atoms with van der Waals surface area (Å²) >= 11 is 6.55. The summed E-state index contributed by atoms with van der Waals surface area (Å²) in [4.78, 5) is 0. The topological polar surface area (TPSA) is 38.7 Å². The van der Waals surface area contributed by atoms with Gasteiger partial charge in [0.05, 0.1) is 6.61 Å². The second kappa shape index (κ2) is 8.47. The molecule has 27 heavy (non-hydrogen) atoms. The van der Waals surface area contributed by atoms with Crippen LogP contribution in [0.2, 0.25) is 0 Å². The zero-order valence-electron chi connectivity index (χ0n) is 15.4. The Hall–Kier alpha value is -2.49. The lowest BCUT2D eigenvalue weighted by Crippen LogP contribution is -2.31. The number of hydrogen-bond acceptors (Lipinski definition) is 3. The summed E-state index contributed by atoms with van der Waals surface area (Å²) in [6.45, 7) is 4.42. The lowest BCUT2D eigenvalue weighted by Gasteiger charge is -2.30. The predicted molar refractivity (Wildman–Crippen MR) is 109 cm³/mol. The van der Waals surface area contributed by atoms with E-state index in [1.54, 1.807) is 12.1 Å². The number of ether oxygens (including phenoxy) is 2. The van der Waals surface area contributed by atoms with Crippen molar-refractivity contribution in [3.8, 4) is 17.2 Å². The third-order valence-corrected chi connectivity index (χ3v) is 5.12. The maximum atomic E-state index is 9.47. The summed E-state index contributed by atoms with van der Waals surface area (Å²) in [5.74, 6) is 1.78. The molecule has 0 saturated carbocycles. The van der Waals surface area contributed by atoms with Gasteiger partial charge in [-0.1, -0.05) is 67.9 Å². The molecule has 0 amide bonds. The van der Waals surface area contributed by atoms with Gasteiger partial charge in [0.1, 0.15) is 22.8 Å². The summed E-state index contributed by atoms with van der Waals surface area (Å²) in [5.41, 5.74) is 1.05. The lowest BCUT2D eigenvalue weighted by molar-refractivity contribution is 0.0507. The first-order valence-corrected chi connectivity index (χ1v) is 9.26. The van der Waals surface area contributed by atoms with E-state index >= 15 is 0 Å². The number of benzene rings is 3. The van der Waals surface area contributed by atoms with E-state index in [1.165, 1.54) is 0 Å². The second-order valence-electron chi connectivity index (χ2n) is 6.96. The maximum absolute atomic E-state index is 9.47. The van der Waals surface area contributed by atoms with Gasteiger partial charge < -0.3 is 14.6 Å². The average Bonchev–Trinajstić information content (AvgIpc) is 2.67. The van der Waals surface area contributed by atoms with E-state index < -0.39 is 11.0 Å². The first-order chi connectivity index (χ1) is 12.9. The molecule has 3 aromatic rings. The van der Waals surface area contributed by atoms with Crippen LogP contribution in [-0.4, -0.2) is 10.7 Å². The van der Waals surface area contributed by atoms with Crippen molar-refractivity contribution in [1.29, 1.82) is 0 Å². The predicted octanol–water partition coefficient (Wildman–Crippen LogP) is 6.24. The highest BCUT2D eigenvalue weighted by molar-refractivity contribution is 6.20. The molecule has 0 fully saturated rings. The van der Waals surface area contributed by atoms with Crippen molar-refractivity contribution < 1.29 is 14.6 Å². The number of alkyl halides is 1. The average molecular weight is 383 g/mol. The van der Waals surface area contributed by atoms with E-state index in [2.05, 4.69) is 0 Å². The number of halogens is 1. The van der Waals surface area contributed by atoms with Crippen molar-refractivity contribution in [1.82, 2.24) is 0 Å². The maximum Gasteiger partial charge on any atom is 0.140 e. The molecule has 0 aliphatic rings. The fourth-order valence-corrected chi connectivity index (χ4v) is 2.91. The van der Waals surface area contributed by atoms with E-state index in [0.29, 0.717) is 6.61 Å². The van der Waals surface area contributed by atoms with Crippen LogP contribution in [0.25, 0.3) is 0 Å². The molecule has 1 atom stereocenters. The number of hydrogen-bond donors (Lipinski definition) is 1. The molecule has 0 aliphatic heterocycles. The van der Waals surface area contributed by atoms with Crippen LogP contribution in [-0.2, 0) is 16.8 Å². The Bertz CT molecular complexity index is 860. The van der Waals surface area contributed by atoms with E-state index in [0.717, 1.165) is 22.6 Å². The molecule has 0 aromatic heterocycles. The summed E-state index contributed by atoms with van der Waals surface area (Å²) in [5, 5.41) is 9.47. The molecule has 3 rings (SSSR count). The summed E-state index contributed by atoms with van der Waals surface area (Å²) < 4.78 is 11.8. The van der Waals surface area contributed by atoms with Crippen molar-refractivity contribution in [3.63, 3.8) is 0 Å². The van der Waals surface area contributed by atoms with Crippen molar-refractivity contribution in [2.45, 2.75) is 31.4 Å². The van der Waals surface area contributed by atoms with Gasteiger partial charge in [0, 0.05) is 5.41 Å². The number of phenolic OH excluding ortho intramolecular Hbond substituents is 1. The zero-order chi connectivity index (χ0) is 19.3. The SMILES string of the molecule is CC(C)(c1ccc(O)cc1)C(Cl)OCc1cccc(Oc2ccccc2)c1. The Balaban J connectivity index is 1.64. The van der Waals surface area contributed by atoms with Crippen LogP contribution in [0, 0.1) is 0 Å². The van der Waals surface area contributed by atoms with E-state index in [1.807, 2.05) is 80.6 Å². The van der Waals surface area contributed by atoms with Gasteiger partial charge in [-0.05, 0) is 47.5 Å². The van der Waals surface area contributed by atoms with Gasteiger partial charge in [0.2, 0.25) is 0 Å². The first kappa shape index (κ1) is 19.3. The van der Waals surface area contributed by atoms with E-state index in [4.69, 9.17) is 21.1 Å². The number of phenols is 1. The van der Waals surface area contributed by atoms with Crippen LogP contribution in [0.4, 0.5) is 0 Å². The van der Waals surface area contributed by atoms with Crippen LogP contribution in [0.1, 0.15) is 25.0 Å². The molecule has 0 spiro atoms. The normalized spacial score (nSPS) is 12.6. The van der Waals surface area contributed by atoms with Crippen molar-refractivity contribution in [2.24, 2.45) is 0 Å². The van der Waals surface area contributed by atoms with Gasteiger partial charge >= 0.3 is 0 Å². The monoisotopic (exact) mass is 382 g/mol. The Kier molecular flexibility index (Phi) is 6.04. The van der Waals surface area contributed by atoms with Gasteiger partial charge in [0.25, 0.3) is 0 Å². The standard InChI is InChI=1S/C23H23ClO3/c1-23(2,18-11-13-19(25)14-12-18)22(24)26-16-17-7-6-10-21(15-17)27-20-8-4-3-5-9-20/h3-15,22,25H,16H2,1-2H3. The van der Waals surface area contributed by atoms with Crippen molar-refractivity contribution >= 4 is 11.6 Å². The van der Waals surface area contributed by atoms with Crippen LogP contribution < -0.4 is 4.74 Å². The molecule has 1 N–H and O–H groups in total. The third kappa shape index (κ3) is 5.03. The highest BCUT2D eigenvalue weighted by Crippen LogP contribution is 2.33. The summed E-state index contributed by atoms with van der Waals surface area (Å²) in [7, 11) is 0. The smallest absolute Gasteiger partial charge is 0.140 e. The molecule has 0 aliphatic carbocycles. The molecule has 3 nitrogen and oxygen atoms in total.